The highest BCUT2D eigenvalue weighted by molar-refractivity contribution is 5.32. The zero-order valence-corrected chi connectivity index (χ0v) is 11.1. The summed E-state index contributed by atoms with van der Waals surface area (Å²) in [6.07, 6.45) is 2.79. The van der Waals surface area contributed by atoms with Gasteiger partial charge in [-0.3, -0.25) is 4.90 Å². The molecular weight excluding hydrogens is 224 g/mol. The molecule has 2 aliphatic rings. The number of methoxy groups -OCH3 is 1. The number of ether oxygens (including phenoxy) is 1. The number of nitrogens with zero attached hydrogens (tertiary/aromatic N) is 1. The number of hydrogen-bond acceptors (Lipinski definition) is 3. The largest absolute Gasteiger partial charge is 0.381 e. The van der Waals surface area contributed by atoms with Crippen LogP contribution in [0.1, 0.15) is 30.0 Å². The van der Waals surface area contributed by atoms with Crippen molar-refractivity contribution in [1.82, 2.24) is 10.2 Å². The smallest absolute Gasteiger partial charge is 0.0595 e. The van der Waals surface area contributed by atoms with Crippen molar-refractivity contribution in [2.24, 2.45) is 0 Å². The molecule has 0 amide bonds. The normalized spacial score (nSPS) is 25.9. The molecule has 2 heterocycles. The van der Waals surface area contributed by atoms with Crippen LogP contribution in [-0.2, 0) is 11.3 Å². The van der Waals surface area contributed by atoms with Crippen molar-refractivity contribution in [3.63, 3.8) is 0 Å². The molecule has 3 rings (SSSR count). The fourth-order valence-electron chi connectivity index (χ4n) is 3.22. The summed E-state index contributed by atoms with van der Waals surface area (Å²) in [5, 5.41) is 3.54. The highest BCUT2D eigenvalue weighted by Crippen LogP contribution is 2.29. The summed E-state index contributed by atoms with van der Waals surface area (Å²) in [6.45, 7) is 4.40. The fraction of sp³-hybridized carbons (Fsp3) is 0.600. The van der Waals surface area contributed by atoms with Gasteiger partial charge in [-0.2, -0.15) is 0 Å². The van der Waals surface area contributed by atoms with E-state index in [1.165, 1.54) is 11.1 Å². The molecule has 0 saturated carbocycles. The third-order valence-corrected chi connectivity index (χ3v) is 4.32. The third kappa shape index (κ3) is 2.30. The Bertz CT molecular complexity index is 399. The van der Waals surface area contributed by atoms with Gasteiger partial charge in [-0.1, -0.05) is 24.3 Å². The first-order chi connectivity index (χ1) is 8.88. The van der Waals surface area contributed by atoms with Crippen LogP contribution in [0.5, 0.6) is 0 Å². The van der Waals surface area contributed by atoms with Gasteiger partial charge in [0.25, 0.3) is 0 Å². The molecule has 0 radical (unpaired) electrons. The number of benzene rings is 1. The van der Waals surface area contributed by atoms with Crippen molar-refractivity contribution in [2.45, 2.75) is 31.5 Å². The number of piperidine rings is 1. The van der Waals surface area contributed by atoms with Crippen LogP contribution in [0.4, 0.5) is 0 Å². The summed E-state index contributed by atoms with van der Waals surface area (Å²) in [7, 11) is 1.83. The van der Waals surface area contributed by atoms with Gasteiger partial charge in [0.15, 0.2) is 0 Å². The van der Waals surface area contributed by atoms with Crippen molar-refractivity contribution >= 4 is 0 Å². The zero-order chi connectivity index (χ0) is 12.4. The van der Waals surface area contributed by atoms with Crippen molar-refractivity contribution in [3.8, 4) is 0 Å². The van der Waals surface area contributed by atoms with Crippen LogP contribution in [0.2, 0.25) is 0 Å². The Morgan fingerprint density at radius 1 is 1.22 bits per heavy atom. The van der Waals surface area contributed by atoms with Crippen molar-refractivity contribution in [2.75, 3.05) is 26.7 Å². The van der Waals surface area contributed by atoms with E-state index in [-0.39, 0.29) is 0 Å². The summed E-state index contributed by atoms with van der Waals surface area (Å²) >= 11 is 0. The standard InChI is InChI=1S/C15H22N2O/c1-18-13-6-8-17(9-7-13)15-11-16-10-12-4-2-3-5-14(12)15/h2-5,13,15-16H,6-11H2,1H3. The predicted molar refractivity (Wildman–Crippen MR) is 72.5 cm³/mol. The zero-order valence-electron chi connectivity index (χ0n) is 11.1. The number of hydrogen-bond donors (Lipinski definition) is 1. The van der Waals surface area contributed by atoms with Gasteiger partial charge in [0.1, 0.15) is 0 Å². The molecule has 18 heavy (non-hydrogen) atoms. The third-order valence-electron chi connectivity index (χ3n) is 4.32. The van der Waals surface area contributed by atoms with Crippen molar-refractivity contribution in [3.05, 3.63) is 35.4 Å². The molecule has 1 unspecified atom stereocenters. The lowest BCUT2D eigenvalue weighted by atomic mass is 9.93. The maximum absolute atomic E-state index is 5.45. The lowest BCUT2D eigenvalue weighted by Crippen LogP contribution is -2.44. The molecule has 1 aromatic carbocycles. The first kappa shape index (κ1) is 12.2. The minimum atomic E-state index is 0.466. The van der Waals surface area contributed by atoms with Crippen molar-refractivity contribution < 1.29 is 4.74 Å². The van der Waals surface area contributed by atoms with Gasteiger partial charge in [0.05, 0.1) is 6.10 Å². The lowest BCUT2D eigenvalue weighted by molar-refractivity contribution is 0.0256. The number of nitrogens with one attached hydrogen (secondary N) is 1. The second kappa shape index (κ2) is 5.39. The maximum Gasteiger partial charge on any atom is 0.0595 e. The molecule has 0 aliphatic carbocycles. The van der Waals surface area contributed by atoms with Gasteiger partial charge in [0.2, 0.25) is 0 Å². The van der Waals surface area contributed by atoms with E-state index in [1.807, 2.05) is 7.11 Å². The first-order valence-electron chi connectivity index (χ1n) is 6.94. The topological polar surface area (TPSA) is 24.5 Å². The minimum absolute atomic E-state index is 0.466. The molecule has 1 aromatic rings. The van der Waals surface area contributed by atoms with Crippen LogP contribution in [0, 0.1) is 0 Å². The second-order valence-electron chi connectivity index (χ2n) is 5.32. The van der Waals surface area contributed by atoms with E-state index in [9.17, 15) is 0 Å². The van der Waals surface area contributed by atoms with Gasteiger partial charge in [-0.15, -0.1) is 0 Å². The fourth-order valence-corrected chi connectivity index (χ4v) is 3.22. The van der Waals surface area contributed by atoms with Crippen LogP contribution < -0.4 is 5.32 Å². The van der Waals surface area contributed by atoms with Gasteiger partial charge in [-0.05, 0) is 24.0 Å². The average Bonchev–Trinajstić information content (AvgIpc) is 2.47. The van der Waals surface area contributed by atoms with Gasteiger partial charge < -0.3 is 10.1 Å². The van der Waals surface area contributed by atoms with Crippen molar-refractivity contribution in [1.29, 1.82) is 0 Å². The molecule has 2 aliphatic heterocycles. The number of rotatable bonds is 2. The van der Waals surface area contributed by atoms with E-state index < -0.39 is 0 Å². The van der Waals surface area contributed by atoms with E-state index in [4.69, 9.17) is 4.74 Å². The van der Waals surface area contributed by atoms with Crippen LogP contribution in [0.3, 0.4) is 0 Å². The number of likely N-dealkylation sites (tertiary alicyclic amines) is 1. The Morgan fingerprint density at radius 3 is 2.78 bits per heavy atom. The molecule has 0 bridgehead atoms. The highest BCUT2D eigenvalue weighted by Gasteiger charge is 2.28. The molecule has 1 atom stereocenters. The predicted octanol–water partition coefficient (Wildman–Crippen LogP) is 1.94. The van der Waals surface area contributed by atoms with Crippen LogP contribution in [0.25, 0.3) is 0 Å². The quantitative estimate of drug-likeness (QED) is 0.863. The molecule has 1 fully saturated rings. The highest BCUT2D eigenvalue weighted by atomic mass is 16.5. The van der Waals surface area contributed by atoms with E-state index in [0.29, 0.717) is 12.1 Å². The maximum atomic E-state index is 5.45. The van der Waals surface area contributed by atoms with Crippen LogP contribution in [0.15, 0.2) is 24.3 Å². The molecule has 98 valence electrons. The van der Waals surface area contributed by atoms with Gasteiger partial charge in [-0.25, -0.2) is 0 Å². The summed E-state index contributed by atoms with van der Waals surface area (Å²) in [5.74, 6) is 0. The lowest BCUT2D eigenvalue weighted by Gasteiger charge is -2.40. The molecule has 1 N–H and O–H groups in total. The Morgan fingerprint density at radius 2 is 2.00 bits per heavy atom. The van der Waals surface area contributed by atoms with Gasteiger partial charge in [0, 0.05) is 39.3 Å². The monoisotopic (exact) mass is 246 g/mol. The Balaban J connectivity index is 1.74. The first-order valence-corrected chi connectivity index (χ1v) is 6.94. The summed E-state index contributed by atoms with van der Waals surface area (Å²) in [6, 6.07) is 9.39. The minimum Gasteiger partial charge on any atom is -0.381 e. The summed E-state index contributed by atoms with van der Waals surface area (Å²) in [4.78, 5) is 2.61. The Hall–Kier alpha value is -0.900. The molecule has 3 heteroatoms. The average molecular weight is 246 g/mol. The summed E-state index contributed by atoms with van der Waals surface area (Å²) in [5.41, 5.74) is 2.98. The van der Waals surface area contributed by atoms with E-state index in [0.717, 1.165) is 39.0 Å². The molecular formula is C15H22N2O. The molecule has 0 spiro atoms. The Labute approximate surface area is 109 Å². The second-order valence-corrected chi connectivity index (χ2v) is 5.32. The molecule has 1 saturated heterocycles. The Kier molecular flexibility index (Phi) is 3.64. The van der Waals surface area contributed by atoms with E-state index in [1.54, 1.807) is 0 Å². The van der Waals surface area contributed by atoms with Crippen LogP contribution >= 0.6 is 0 Å². The van der Waals surface area contributed by atoms with Gasteiger partial charge >= 0.3 is 0 Å². The van der Waals surface area contributed by atoms with Crippen LogP contribution in [-0.4, -0.2) is 37.7 Å². The molecule has 0 aromatic heterocycles. The summed E-state index contributed by atoms with van der Waals surface area (Å²) < 4.78 is 5.45. The van der Waals surface area contributed by atoms with E-state index >= 15 is 0 Å². The number of fused-ring (bicyclic) bond motifs is 1. The SMILES string of the molecule is COC1CCN(C2CNCc3ccccc32)CC1. The van der Waals surface area contributed by atoms with E-state index in [2.05, 4.69) is 34.5 Å². The molecule has 3 nitrogen and oxygen atoms in total.